The number of nitrogens with one attached hydrogen (secondary N) is 1. The minimum atomic E-state index is 0.935. The molecule has 0 atom stereocenters. The van der Waals surface area contributed by atoms with Gasteiger partial charge in [-0.1, -0.05) is 13.3 Å². The predicted molar refractivity (Wildman–Crippen MR) is 58.8 cm³/mol. The third kappa shape index (κ3) is 1.75. The van der Waals surface area contributed by atoms with Crippen LogP contribution < -0.4 is 5.32 Å². The number of fused-ring (bicyclic) bond motifs is 2. The van der Waals surface area contributed by atoms with E-state index in [1.165, 1.54) is 24.0 Å². The lowest BCUT2D eigenvalue weighted by Crippen LogP contribution is -2.14. The Labute approximate surface area is 84.6 Å². The van der Waals surface area contributed by atoms with Crippen LogP contribution in [0.4, 0.5) is 0 Å². The molecule has 2 heteroatoms. The number of aryl methyl sites for hydroxylation is 1. The summed E-state index contributed by atoms with van der Waals surface area (Å²) >= 11 is 0. The Bertz CT molecular complexity index is 391. The highest BCUT2D eigenvalue weighted by Gasteiger charge is 2.09. The molecule has 14 heavy (non-hydrogen) atoms. The van der Waals surface area contributed by atoms with Gasteiger partial charge in [0, 0.05) is 12.1 Å². The van der Waals surface area contributed by atoms with Gasteiger partial charge in [0.2, 0.25) is 0 Å². The molecule has 1 N–H and O–H groups in total. The standard InChI is InChI=1S/C12H17NO/c1-3-4-5-13-8-10-7-11-6-9(2)12(10)14-11/h6-7,13H,3-5,8H2,1-2H3. The second-order valence-corrected chi connectivity index (χ2v) is 3.86. The second-order valence-electron chi connectivity index (χ2n) is 3.86. The molecule has 0 saturated carbocycles. The first-order chi connectivity index (χ1) is 6.81. The van der Waals surface area contributed by atoms with E-state index in [4.69, 9.17) is 4.42 Å². The Morgan fingerprint density at radius 2 is 2.21 bits per heavy atom. The maximum atomic E-state index is 5.56. The van der Waals surface area contributed by atoms with Crippen molar-refractivity contribution in [3.63, 3.8) is 0 Å². The average molecular weight is 191 g/mol. The summed E-state index contributed by atoms with van der Waals surface area (Å²) in [5.41, 5.74) is 4.64. The molecule has 0 aliphatic carbocycles. The van der Waals surface area contributed by atoms with E-state index in [0.29, 0.717) is 0 Å². The Balaban J connectivity index is 1.94. The lowest BCUT2D eigenvalue weighted by molar-refractivity contribution is 0.634. The molecule has 0 amide bonds. The minimum Gasteiger partial charge on any atom is -0.457 e. The fourth-order valence-corrected chi connectivity index (χ4v) is 1.79. The van der Waals surface area contributed by atoms with Crippen LogP contribution in [-0.2, 0) is 6.54 Å². The van der Waals surface area contributed by atoms with Crippen molar-refractivity contribution in [2.24, 2.45) is 0 Å². The second kappa shape index (κ2) is 4.01. The van der Waals surface area contributed by atoms with Gasteiger partial charge in [0.15, 0.2) is 0 Å². The van der Waals surface area contributed by atoms with Crippen molar-refractivity contribution >= 4 is 11.2 Å². The van der Waals surface area contributed by atoms with Crippen molar-refractivity contribution in [1.29, 1.82) is 0 Å². The van der Waals surface area contributed by atoms with Gasteiger partial charge in [0.25, 0.3) is 0 Å². The molecule has 0 aromatic carbocycles. The van der Waals surface area contributed by atoms with E-state index in [0.717, 1.165) is 24.3 Å². The van der Waals surface area contributed by atoms with Crippen LogP contribution in [0, 0.1) is 6.92 Å². The fraction of sp³-hybridized carbons (Fsp3) is 0.500. The third-order valence-electron chi connectivity index (χ3n) is 2.57. The Kier molecular flexibility index (Phi) is 2.73. The molecule has 76 valence electrons. The number of benzene rings is 1. The Morgan fingerprint density at radius 1 is 1.36 bits per heavy atom. The maximum absolute atomic E-state index is 5.56. The molecule has 0 saturated heterocycles. The Morgan fingerprint density at radius 3 is 2.86 bits per heavy atom. The van der Waals surface area contributed by atoms with Crippen LogP contribution in [0.25, 0.3) is 11.2 Å². The van der Waals surface area contributed by atoms with Crippen LogP contribution in [0.3, 0.4) is 0 Å². The van der Waals surface area contributed by atoms with Gasteiger partial charge in [-0.25, -0.2) is 0 Å². The summed E-state index contributed by atoms with van der Waals surface area (Å²) in [6, 6.07) is 4.21. The van der Waals surface area contributed by atoms with Gasteiger partial charge in [-0.05, 0) is 37.6 Å². The van der Waals surface area contributed by atoms with E-state index in [1.54, 1.807) is 0 Å². The summed E-state index contributed by atoms with van der Waals surface area (Å²) < 4.78 is 5.56. The summed E-state index contributed by atoms with van der Waals surface area (Å²) in [7, 11) is 0. The highest BCUT2D eigenvalue weighted by atomic mass is 16.3. The fourth-order valence-electron chi connectivity index (χ4n) is 1.79. The molecule has 0 unspecified atom stereocenters. The van der Waals surface area contributed by atoms with Crippen LogP contribution in [0.1, 0.15) is 30.9 Å². The topological polar surface area (TPSA) is 25.2 Å². The van der Waals surface area contributed by atoms with Crippen molar-refractivity contribution in [2.75, 3.05) is 6.54 Å². The lowest BCUT2D eigenvalue weighted by Gasteiger charge is -2.02. The van der Waals surface area contributed by atoms with E-state index in [9.17, 15) is 0 Å². The quantitative estimate of drug-likeness (QED) is 0.735. The first-order valence-corrected chi connectivity index (χ1v) is 5.33. The molecule has 0 aliphatic heterocycles. The van der Waals surface area contributed by atoms with E-state index in [-0.39, 0.29) is 0 Å². The van der Waals surface area contributed by atoms with Crippen LogP contribution in [-0.4, -0.2) is 6.54 Å². The summed E-state index contributed by atoms with van der Waals surface area (Å²) in [4.78, 5) is 0. The summed E-state index contributed by atoms with van der Waals surface area (Å²) in [5.74, 6) is 0. The zero-order valence-electron chi connectivity index (χ0n) is 8.89. The normalized spacial score (nSPS) is 11.6. The summed E-state index contributed by atoms with van der Waals surface area (Å²) in [6.07, 6.45) is 2.49. The summed E-state index contributed by atoms with van der Waals surface area (Å²) in [5, 5.41) is 3.42. The Hall–Kier alpha value is -1.02. The average Bonchev–Trinajstić information content (AvgIpc) is 2.70. The monoisotopic (exact) mass is 191 g/mol. The molecule has 2 rings (SSSR count). The van der Waals surface area contributed by atoms with Crippen molar-refractivity contribution in [1.82, 2.24) is 5.32 Å². The van der Waals surface area contributed by atoms with Gasteiger partial charge in [-0.3, -0.25) is 0 Å². The van der Waals surface area contributed by atoms with Gasteiger partial charge in [0.1, 0.15) is 11.2 Å². The number of furan rings is 2. The molecular formula is C12H17NO. The zero-order chi connectivity index (χ0) is 9.97. The molecule has 2 bridgehead atoms. The molecule has 2 aromatic rings. The first-order valence-electron chi connectivity index (χ1n) is 5.33. The van der Waals surface area contributed by atoms with Crippen LogP contribution in [0.2, 0.25) is 0 Å². The van der Waals surface area contributed by atoms with Crippen molar-refractivity contribution < 1.29 is 4.42 Å². The molecule has 0 radical (unpaired) electrons. The van der Waals surface area contributed by atoms with E-state index in [1.807, 2.05) is 0 Å². The van der Waals surface area contributed by atoms with E-state index in [2.05, 4.69) is 31.3 Å². The van der Waals surface area contributed by atoms with E-state index >= 15 is 0 Å². The van der Waals surface area contributed by atoms with Crippen LogP contribution >= 0.6 is 0 Å². The highest BCUT2D eigenvalue weighted by molar-refractivity contribution is 5.70. The summed E-state index contributed by atoms with van der Waals surface area (Å²) in [6.45, 7) is 6.34. The predicted octanol–water partition coefficient (Wildman–Crippen LogP) is 3.07. The van der Waals surface area contributed by atoms with Gasteiger partial charge >= 0.3 is 0 Å². The van der Waals surface area contributed by atoms with Crippen LogP contribution in [0.5, 0.6) is 0 Å². The van der Waals surface area contributed by atoms with Crippen molar-refractivity contribution in [3.05, 3.63) is 23.3 Å². The largest absolute Gasteiger partial charge is 0.457 e. The van der Waals surface area contributed by atoms with Crippen molar-refractivity contribution in [2.45, 2.75) is 33.2 Å². The van der Waals surface area contributed by atoms with Gasteiger partial charge in [-0.15, -0.1) is 0 Å². The minimum absolute atomic E-state index is 0.935. The molecule has 2 aromatic heterocycles. The number of unbranched alkanes of at least 4 members (excludes halogenated alkanes) is 1. The van der Waals surface area contributed by atoms with Gasteiger partial charge < -0.3 is 9.73 Å². The molecule has 0 aliphatic rings. The van der Waals surface area contributed by atoms with Gasteiger partial charge in [0.05, 0.1) is 0 Å². The lowest BCUT2D eigenvalue weighted by atomic mass is 10.1. The first kappa shape index (κ1) is 9.53. The molecule has 0 fully saturated rings. The molecule has 0 spiro atoms. The highest BCUT2D eigenvalue weighted by Crippen LogP contribution is 2.26. The molecular weight excluding hydrogens is 174 g/mol. The van der Waals surface area contributed by atoms with Crippen molar-refractivity contribution in [3.8, 4) is 0 Å². The maximum Gasteiger partial charge on any atom is 0.135 e. The molecule has 2 nitrogen and oxygen atoms in total. The van der Waals surface area contributed by atoms with Gasteiger partial charge in [-0.2, -0.15) is 0 Å². The van der Waals surface area contributed by atoms with E-state index < -0.39 is 0 Å². The number of rotatable bonds is 5. The third-order valence-corrected chi connectivity index (χ3v) is 2.57. The smallest absolute Gasteiger partial charge is 0.135 e. The zero-order valence-corrected chi connectivity index (χ0v) is 8.89. The van der Waals surface area contributed by atoms with Crippen LogP contribution in [0.15, 0.2) is 16.5 Å². The SMILES string of the molecule is CCCCNCc1cc2cc(C)c1o2. The number of hydrogen-bond acceptors (Lipinski definition) is 2. The number of hydrogen-bond donors (Lipinski definition) is 1. The molecule has 2 heterocycles.